The zero-order valence-corrected chi connectivity index (χ0v) is 14.8. The summed E-state index contributed by atoms with van der Waals surface area (Å²) in [7, 11) is 0. The third-order valence-electron chi connectivity index (χ3n) is 5.10. The fourth-order valence-corrected chi connectivity index (χ4v) is 3.55. The van der Waals surface area contributed by atoms with Gasteiger partial charge in [0, 0.05) is 44.8 Å². The standard InChI is InChI=1S/C19H26FN3O2/c1-15-13-16(5-6-17(15)20)19(25)23-10-4-7-21(11-12-23)14-18(24)22-8-2-3-9-22/h5-6,13H,2-4,7-12,14H2,1H3. The van der Waals surface area contributed by atoms with Gasteiger partial charge in [0.1, 0.15) is 5.82 Å². The van der Waals surface area contributed by atoms with Crippen LogP contribution < -0.4 is 0 Å². The highest BCUT2D eigenvalue weighted by Gasteiger charge is 2.24. The smallest absolute Gasteiger partial charge is 0.253 e. The number of benzene rings is 1. The van der Waals surface area contributed by atoms with Crippen LogP contribution in [0.4, 0.5) is 4.39 Å². The van der Waals surface area contributed by atoms with Gasteiger partial charge in [0.2, 0.25) is 5.91 Å². The van der Waals surface area contributed by atoms with Crippen molar-refractivity contribution in [1.82, 2.24) is 14.7 Å². The number of carbonyl (C=O) groups is 2. The number of hydrogen-bond acceptors (Lipinski definition) is 3. The van der Waals surface area contributed by atoms with Gasteiger partial charge in [0.25, 0.3) is 5.91 Å². The molecule has 6 heteroatoms. The molecule has 0 saturated carbocycles. The lowest BCUT2D eigenvalue weighted by Gasteiger charge is -2.24. The van der Waals surface area contributed by atoms with Gasteiger partial charge in [0.05, 0.1) is 6.54 Å². The number of aryl methyl sites for hydroxylation is 1. The average Bonchev–Trinajstić information content (AvgIpc) is 3.04. The molecule has 0 unspecified atom stereocenters. The van der Waals surface area contributed by atoms with Crippen LogP contribution in [0.3, 0.4) is 0 Å². The van der Waals surface area contributed by atoms with Gasteiger partial charge in [-0.1, -0.05) is 0 Å². The fourth-order valence-electron chi connectivity index (χ4n) is 3.55. The number of nitrogens with zero attached hydrogens (tertiary/aromatic N) is 3. The van der Waals surface area contributed by atoms with Gasteiger partial charge < -0.3 is 9.80 Å². The van der Waals surface area contributed by atoms with Crippen molar-refractivity contribution in [2.24, 2.45) is 0 Å². The van der Waals surface area contributed by atoms with E-state index in [1.165, 1.54) is 6.07 Å². The molecule has 3 rings (SSSR count). The Morgan fingerprint density at radius 3 is 2.40 bits per heavy atom. The van der Waals surface area contributed by atoms with E-state index in [1.807, 2.05) is 9.80 Å². The van der Waals surface area contributed by atoms with Gasteiger partial charge in [-0.3, -0.25) is 14.5 Å². The minimum atomic E-state index is -0.293. The molecular formula is C19H26FN3O2. The molecule has 5 nitrogen and oxygen atoms in total. The minimum absolute atomic E-state index is 0.0594. The molecular weight excluding hydrogens is 321 g/mol. The van der Waals surface area contributed by atoms with Crippen LogP contribution in [0.15, 0.2) is 18.2 Å². The van der Waals surface area contributed by atoms with Crippen molar-refractivity contribution in [2.45, 2.75) is 26.2 Å². The molecule has 0 aromatic heterocycles. The van der Waals surface area contributed by atoms with Crippen LogP contribution in [0.5, 0.6) is 0 Å². The third-order valence-corrected chi connectivity index (χ3v) is 5.10. The summed E-state index contributed by atoms with van der Waals surface area (Å²) in [6.45, 7) is 6.66. The van der Waals surface area contributed by atoms with Crippen molar-refractivity contribution in [1.29, 1.82) is 0 Å². The number of carbonyl (C=O) groups excluding carboxylic acids is 2. The summed E-state index contributed by atoms with van der Waals surface area (Å²) < 4.78 is 13.4. The lowest BCUT2D eigenvalue weighted by molar-refractivity contribution is -0.131. The van der Waals surface area contributed by atoms with Crippen LogP contribution in [0, 0.1) is 12.7 Å². The van der Waals surface area contributed by atoms with E-state index in [2.05, 4.69) is 4.90 Å². The highest BCUT2D eigenvalue weighted by molar-refractivity contribution is 5.94. The lowest BCUT2D eigenvalue weighted by Crippen LogP contribution is -2.41. The number of amides is 2. The van der Waals surface area contributed by atoms with Crippen molar-refractivity contribution in [2.75, 3.05) is 45.8 Å². The molecule has 0 radical (unpaired) electrons. The second-order valence-corrected chi connectivity index (χ2v) is 6.97. The molecule has 2 heterocycles. The van der Waals surface area contributed by atoms with Crippen LogP contribution >= 0.6 is 0 Å². The maximum atomic E-state index is 13.4. The summed E-state index contributed by atoms with van der Waals surface area (Å²) in [5.41, 5.74) is 1.01. The Morgan fingerprint density at radius 1 is 0.960 bits per heavy atom. The van der Waals surface area contributed by atoms with Crippen molar-refractivity contribution in [3.05, 3.63) is 35.1 Å². The summed E-state index contributed by atoms with van der Waals surface area (Å²) in [4.78, 5) is 30.9. The number of likely N-dealkylation sites (tertiary alicyclic amines) is 1. The predicted octanol–water partition coefficient (Wildman–Crippen LogP) is 1.90. The SMILES string of the molecule is Cc1cc(C(=O)N2CCCN(CC(=O)N3CCCC3)CC2)ccc1F. The van der Waals surface area contributed by atoms with Gasteiger partial charge in [-0.05, 0) is 49.9 Å². The molecule has 136 valence electrons. The van der Waals surface area contributed by atoms with E-state index in [0.29, 0.717) is 37.3 Å². The Hall–Kier alpha value is -1.95. The van der Waals surface area contributed by atoms with Gasteiger partial charge in [-0.2, -0.15) is 0 Å². The van der Waals surface area contributed by atoms with Crippen LogP contribution in [0.1, 0.15) is 35.2 Å². The number of rotatable bonds is 3. The van der Waals surface area contributed by atoms with Gasteiger partial charge in [-0.15, -0.1) is 0 Å². The molecule has 1 aromatic carbocycles. The summed E-state index contributed by atoms with van der Waals surface area (Å²) >= 11 is 0. The van der Waals surface area contributed by atoms with Gasteiger partial charge >= 0.3 is 0 Å². The third kappa shape index (κ3) is 4.37. The van der Waals surface area contributed by atoms with Crippen LogP contribution in [0.25, 0.3) is 0 Å². The zero-order valence-electron chi connectivity index (χ0n) is 14.8. The first-order chi connectivity index (χ1) is 12.0. The molecule has 0 N–H and O–H groups in total. The Morgan fingerprint density at radius 2 is 1.68 bits per heavy atom. The summed E-state index contributed by atoms with van der Waals surface area (Å²) in [5, 5.41) is 0. The molecule has 2 saturated heterocycles. The molecule has 2 aliphatic heterocycles. The number of halogens is 1. The van der Waals surface area contributed by atoms with Crippen molar-refractivity contribution < 1.29 is 14.0 Å². The van der Waals surface area contributed by atoms with Crippen molar-refractivity contribution >= 4 is 11.8 Å². The van der Waals surface area contributed by atoms with Gasteiger partial charge in [-0.25, -0.2) is 4.39 Å². The molecule has 1 aromatic rings. The predicted molar refractivity (Wildman–Crippen MR) is 93.9 cm³/mol. The second kappa shape index (κ2) is 7.95. The van der Waals surface area contributed by atoms with E-state index < -0.39 is 0 Å². The Balaban J connectivity index is 1.56. The number of hydrogen-bond donors (Lipinski definition) is 0. The molecule has 0 atom stereocenters. The molecule has 0 bridgehead atoms. The van der Waals surface area contributed by atoms with E-state index in [-0.39, 0.29) is 17.6 Å². The maximum absolute atomic E-state index is 13.4. The van der Waals surface area contributed by atoms with E-state index in [1.54, 1.807) is 19.1 Å². The summed E-state index contributed by atoms with van der Waals surface area (Å²) in [5.74, 6) is -0.152. The minimum Gasteiger partial charge on any atom is -0.342 e. The van der Waals surface area contributed by atoms with E-state index in [9.17, 15) is 14.0 Å². The molecule has 2 aliphatic rings. The largest absolute Gasteiger partial charge is 0.342 e. The van der Waals surface area contributed by atoms with Crippen molar-refractivity contribution in [3.8, 4) is 0 Å². The van der Waals surface area contributed by atoms with Crippen molar-refractivity contribution in [3.63, 3.8) is 0 Å². The second-order valence-electron chi connectivity index (χ2n) is 6.97. The Bertz CT molecular complexity index is 644. The first kappa shape index (κ1) is 17.9. The first-order valence-electron chi connectivity index (χ1n) is 9.10. The summed E-state index contributed by atoms with van der Waals surface area (Å²) in [6.07, 6.45) is 3.05. The molecule has 25 heavy (non-hydrogen) atoms. The average molecular weight is 347 g/mol. The molecule has 2 amide bonds. The molecule has 0 aliphatic carbocycles. The highest BCUT2D eigenvalue weighted by atomic mass is 19.1. The maximum Gasteiger partial charge on any atom is 0.253 e. The highest BCUT2D eigenvalue weighted by Crippen LogP contribution is 2.14. The monoisotopic (exact) mass is 347 g/mol. The summed E-state index contributed by atoms with van der Waals surface area (Å²) in [6, 6.07) is 4.50. The normalized spacial score (nSPS) is 19.1. The van der Waals surface area contributed by atoms with E-state index >= 15 is 0 Å². The Labute approximate surface area is 148 Å². The van der Waals surface area contributed by atoms with Gasteiger partial charge in [0.15, 0.2) is 0 Å². The van der Waals surface area contributed by atoms with Crippen LogP contribution in [0.2, 0.25) is 0 Å². The first-order valence-corrected chi connectivity index (χ1v) is 9.10. The van der Waals surface area contributed by atoms with E-state index in [4.69, 9.17) is 0 Å². The topological polar surface area (TPSA) is 43.9 Å². The molecule has 0 spiro atoms. The lowest BCUT2D eigenvalue weighted by atomic mass is 10.1. The Kier molecular flexibility index (Phi) is 5.68. The van der Waals surface area contributed by atoms with Crippen LogP contribution in [-0.2, 0) is 4.79 Å². The van der Waals surface area contributed by atoms with E-state index in [0.717, 1.165) is 38.9 Å². The quantitative estimate of drug-likeness (QED) is 0.839. The zero-order chi connectivity index (χ0) is 17.8. The fraction of sp³-hybridized carbons (Fsp3) is 0.579. The molecule has 2 fully saturated rings. The van der Waals surface area contributed by atoms with Crippen LogP contribution in [-0.4, -0.2) is 72.3 Å².